The highest BCUT2D eigenvalue weighted by Crippen LogP contribution is 2.21. The number of hydrogen-bond acceptors (Lipinski definition) is 5. The summed E-state index contributed by atoms with van der Waals surface area (Å²) in [4.78, 5) is 15.9. The second kappa shape index (κ2) is 8.31. The Bertz CT molecular complexity index is 519. The van der Waals surface area contributed by atoms with Crippen LogP contribution in [-0.2, 0) is 15.1 Å². The molecule has 0 aliphatic carbocycles. The Morgan fingerprint density at radius 2 is 2.04 bits per heavy atom. The van der Waals surface area contributed by atoms with Crippen molar-refractivity contribution in [3.05, 3.63) is 22.4 Å². The highest BCUT2D eigenvalue weighted by molar-refractivity contribution is 7.08. The number of thiophene rings is 1. The summed E-state index contributed by atoms with van der Waals surface area (Å²) in [6.07, 6.45) is 0. The van der Waals surface area contributed by atoms with Crippen molar-refractivity contribution >= 4 is 23.3 Å². The van der Waals surface area contributed by atoms with Crippen LogP contribution in [0.1, 0.15) is 40.2 Å². The molecule has 0 fully saturated rings. The lowest BCUT2D eigenvalue weighted by Gasteiger charge is -2.24. The van der Waals surface area contributed by atoms with Gasteiger partial charge in [-0.2, -0.15) is 11.3 Å². The van der Waals surface area contributed by atoms with E-state index >= 15 is 0 Å². The van der Waals surface area contributed by atoms with E-state index in [9.17, 15) is 9.90 Å². The summed E-state index contributed by atoms with van der Waals surface area (Å²) in [6.45, 7) is 9.97. The van der Waals surface area contributed by atoms with Crippen LogP contribution in [0.5, 0.6) is 0 Å². The number of hydrogen-bond donors (Lipinski definition) is 3. The van der Waals surface area contributed by atoms with Gasteiger partial charge in [-0.1, -0.05) is 0 Å². The van der Waals surface area contributed by atoms with Crippen LogP contribution in [0.25, 0.3) is 0 Å². The van der Waals surface area contributed by atoms with Crippen molar-refractivity contribution < 1.29 is 14.6 Å². The molecule has 6 nitrogen and oxygen atoms in total. The van der Waals surface area contributed by atoms with Crippen molar-refractivity contribution in [1.29, 1.82) is 0 Å². The summed E-state index contributed by atoms with van der Waals surface area (Å²) in [7, 11) is 0. The molecule has 0 saturated heterocycles. The molecule has 0 amide bonds. The number of esters is 1. The number of rotatable bonds is 6. The van der Waals surface area contributed by atoms with Gasteiger partial charge in [0.2, 0.25) is 0 Å². The predicted octanol–water partition coefficient (Wildman–Crippen LogP) is 1.85. The van der Waals surface area contributed by atoms with Crippen molar-refractivity contribution in [3.8, 4) is 0 Å². The van der Waals surface area contributed by atoms with E-state index in [0.29, 0.717) is 12.5 Å². The maximum Gasteiger partial charge on any atom is 0.328 e. The molecular formula is C16H27N3O3S. The van der Waals surface area contributed by atoms with E-state index in [2.05, 4.69) is 15.6 Å². The molecule has 1 aromatic rings. The Hall–Kier alpha value is -1.60. The van der Waals surface area contributed by atoms with Crippen LogP contribution in [0, 0.1) is 0 Å². The third kappa shape index (κ3) is 7.47. The molecule has 1 rings (SSSR count). The lowest BCUT2D eigenvalue weighted by Crippen LogP contribution is -2.44. The third-order valence-corrected chi connectivity index (χ3v) is 3.56. The Morgan fingerprint density at radius 3 is 2.57 bits per heavy atom. The minimum atomic E-state index is -1.01. The Balaban J connectivity index is 2.61. The first-order chi connectivity index (χ1) is 10.6. The molecule has 130 valence electrons. The average molecular weight is 341 g/mol. The van der Waals surface area contributed by atoms with Gasteiger partial charge in [-0.05, 0) is 57.0 Å². The van der Waals surface area contributed by atoms with Crippen molar-refractivity contribution in [2.75, 3.05) is 19.6 Å². The molecule has 0 aliphatic rings. The number of aliphatic imine (C=N–C) groups is 1. The average Bonchev–Trinajstić information content (AvgIpc) is 2.95. The van der Waals surface area contributed by atoms with Gasteiger partial charge < -0.3 is 20.5 Å². The van der Waals surface area contributed by atoms with E-state index in [0.717, 1.165) is 5.56 Å². The zero-order chi connectivity index (χ0) is 17.5. The topological polar surface area (TPSA) is 83.0 Å². The van der Waals surface area contributed by atoms with Gasteiger partial charge in [0.1, 0.15) is 17.7 Å². The fourth-order valence-corrected chi connectivity index (χ4v) is 2.57. The van der Waals surface area contributed by atoms with Gasteiger partial charge >= 0.3 is 5.97 Å². The van der Waals surface area contributed by atoms with E-state index in [-0.39, 0.29) is 19.1 Å². The molecule has 0 saturated carbocycles. The quantitative estimate of drug-likeness (QED) is 0.418. The molecule has 0 spiro atoms. The van der Waals surface area contributed by atoms with Gasteiger partial charge in [0.05, 0.1) is 6.54 Å². The molecule has 0 bridgehead atoms. The Labute approximate surface area is 142 Å². The first-order valence-corrected chi connectivity index (χ1v) is 8.57. The van der Waals surface area contributed by atoms with Crippen molar-refractivity contribution in [1.82, 2.24) is 10.6 Å². The van der Waals surface area contributed by atoms with Gasteiger partial charge in [0.25, 0.3) is 0 Å². The normalized spacial score (nSPS) is 15.0. The van der Waals surface area contributed by atoms with E-state index in [1.165, 1.54) is 11.3 Å². The molecule has 0 radical (unpaired) electrons. The second-order valence-electron chi connectivity index (χ2n) is 6.42. The Kier molecular flexibility index (Phi) is 7.02. The van der Waals surface area contributed by atoms with E-state index in [1.54, 1.807) is 6.92 Å². The van der Waals surface area contributed by atoms with Crippen LogP contribution in [0.2, 0.25) is 0 Å². The lowest BCUT2D eigenvalue weighted by atomic mass is 9.99. The smallest absolute Gasteiger partial charge is 0.328 e. The molecular weight excluding hydrogens is 314 g/mol. The standard InChI is InChI=1S/C16H27N3O3S/c1-6-17-14(18-9-13(20)22-15(2,3)4)19-11-16(5,21)12-7-8-23-10-12/h7-8,10,21H,6,9,11H2,1-5H3,(H2,17,18,19). The first kappa shape index (κ1) is 19.4. The number of carbonyl (C=O) groups excluding carboxylic acids is 1. The number of carbonyl (C=O) groups is 1. The summed E-state index contributed by atoms with van der Waals surface area (Å²) in [6, 6.07) is 1.89. The van der Waals surface area contributed by atoms with Crippen LogP contribution < -0.4 is 10.6 Å². The SMILES string of the molecule is CCNC(=NCC(=O)OC(C)(C)C)NCC(C)(O)c1ccsc1. The zero-order valence-corrected chi connectivity index (χ0v) is 15.3. The number of aliphatic hydroxyl groups is 1. The number of nitrogens with one attached hydrogen (secondary N) is 2. The zero-order valence-electron chi connectivity index (χ0n) is 14.5. The minimum Gasteiger partial charge on any atom is -0.459 e. The highest BCUT2D eigenvalue weighted by Gasteiger charge is 2.24. The lowest BCUT2D eigenvalue weighted by molar-refractivity contribution is -0.152. The summed E-state index contributed by atoms with van der Waals surface area (Å²) in [5.41, 5.74) is -0.693. The van der Waals surface area contributed by atoms with Gasteiger partial charge in [0, 0.05) is 6.54 Å². The minimum absolute atomic E-state index is 0.0762. The monoisotopic (exact) mass is 341 g/mol. The maximum atomic E-state index is 11.7. The van der Waals surface area contributed by atoms with Crippen LogP contribution >= 0.6 is 11.3 Å². The van der Waals surface area contributed by atoms with Crippen LogP contribution in [0.3, 0.4) is 0 Å². The highest BCUT2D eigenvalue weighted by atomic mass is 32.1. The summed E-state index contributed by atoms with van der Waals surface area (Å²) < 4.78 is 5.22. The van der Waals surface area contributed by atoms with Crippen LogP contribution in [-0.4, -0.2) is 42.3 Å². The summed E-state index contributed by atoms with van der Waals surface area (Å²) in [5, 5.41) is 20.4. The molecule has 1 atom stereocenters. The van der Waals surface area contributed by atoms with Gasteiger partial charge in [-0.15, -0.1) is 0 Å². The molecule has 0 aromatic carbocycles. The molecule has 1 unspecified atom stereocenters. The summed E-state index contributed by atoms with van der Waals surface area (Å²) >= 11 is 1.54. The van der Waals surface area contributed by atoms with Crippen molar-refractivity contribution in [2.45, 2.75) is 45.8 Å². The number of guanidine groups is 1. The molecule has 23 heavy (non-hydrogen) atoms. The number of nitrogens with zero attached hydrogens (tertiary/aromatic N) is 1. The Morgan fingerprint density at radius 1 is 1.35 bits per heavy atom. The second-order valence-corrected chi connectivity index (χ2v) is 7.20. The predicted molar refractivity (Wildman–Crippen MR) is 93.7 cm³/mol. The summed E-state index contributed by atoms with van der Waals surface area (Å²) in [5.74, 6) is 0.0770. The number of ether oxygens (including phenoxy) is 1. The fourth-order valence-electron chi connectivity index (χ4n) is 1.79. The van der Waals surface area contributed by atoms with E-state index < -0.39 is 11.2 Å². The van der Waals surface area contributed by atoms with Crippen LogP contribution in [0.4, 0.5) is 0 Å². The molecule has 0 aliphatic heterocycles. The van der Waals surface area contributed by atoms with Crippen molar-refractivity contribution in [3.63, 3.8) is 0 Å². The van der Waals surface area contributed by atoms with Crippen LogP contribution in [0.15, 0.2) is 21.8 Å². The molecule has 1 aromatic heterocycles. The van der Waals surface area contributed by atoms with E-state index in [1.807, 2.05) is 44.5 Å². The first-order valence-electron chi connectivity index (χ1n) is 7.63. The van der Waals surface area contributed by atoms with Gasteiger partial charge in [-0.3, -0.25) is 4.79 Å². The third-order valence-electron chi connectivity index (χ3n) is 2.87. The van der Waals surface area contributed by atoms with Gasteiger partial charge in [0.15, 0.2) is 5.96 Å². The molecule has 3 N–H and O–H groups in total. The maximum absolute atomic E-state index is 11.7. The van der Waals surface area contributed by atoms with Gasteiger partial charge in [-0.25, -0.2) is 4.99 Å². The van der Waals surface area contributed by atoms with E-state index in [4.69, 9.17) is 4.74 Å². The molecule has 7 heteroatoms. The molecule has 1 heterocycles. The van der Waals surface area contributed by atoms with Crippen molar-refractivity contribution in [2.24, 2.45) is 4.99 Å². The fraction of sp³-hybridized carbons (Fsp3) is 0.625. The largest absolute Gasteiger partial charge is 0.459 e.